The van der Waals surface area contributed by atoms with E-state index >= 15 is 0 Å². The Morgan fingerprint density at radius 3 is 2.01 bits per heavy atom. The Morgan fingerprint density at radius 1 is 0.608 bits per heavy atom. The standard InChI is InChI=1S/C54H51N2O.C14H16NSi.Ir/c1-32(2)41-28-37(35-23-24-45-46(30-35)54(7,8)26-14-25-53(45,5)6)29-42(33(3)4)50(41)56-48-20-12-11-19-47(48)55-52(56)40-18-13-17-39-44-27-36-22-21-34-15-9-10-16-38(34)43(36)31-49(44)57-51(39)40;1-16(2,3)13-9-10-14(15-11-13)12-7-5-4-6-8-12;/h9-13,15-17,19-24,27-33H,14,25-26H2,1-8H3;4-7,9-11H,1-3H3;/q2*-1;. The average Bonchev–Trinajstić information content (AvgIpc) is 3.93. The van der Waals surface area contributed by atoms with Crippen LogP contribution in [0.2, 0.25) is 19.6 Å². The summed E-state index contributed by atoms with van der Waals surface area (Å²) < 4.78 is 9.33. The molecule has 0 bridgehead atoms. The second-order valence-corrected chi connectivity index (χ2v) is 28.5. The summed E-state index contributed by atoms with van der Waals surface area (Å²) in [6, 6.07) is 61.6. The number of rotatable bonds is 7. The summed E-state index contributed by atoms with van der Waals surface area (Å²) in [5.74, 6) is 1.37. The van der Waals surface area contributed by atoms with Crippen molar-refractivity contribution in [2.24, 2.45) is 0 Å². The molecule has 1 aliphatic carbocycles. The van der Waals surface area contributed by atoms with Crippen molar-refractivity contribution in [2.75, 3.05) is 0 Å². The molecule has 74 heavy (non-hydrogen) atoms. The molecule has 0 aliphatic heterocycles. The van der Waals surface area contributed by atoms with Crippen molar-refractivity contribution in [2.45, 2.75) is 117 Å². The maximum Gasteiger partial charge on any atom is 0.121 e. The molecule has 12 rings (SSSR count). The number of para-hydroxylation sites is 2. The van der Waals surface area contributed by atoms with Gasteiger partial charge in [0.15, 0.2) is 0 Å². The smallest absolute Gasteiger partial charge is 0.121 e. The quantitative estimate of drug-likeness (QED) is 0.0691. The Balaban J connectivity index is 0.000000315. The third-order valence-corrected chi connectivity index (χ3v) is 17.8. The Morgan fingerprint density at radius 2 is 1.31 bits per heavy atom. The Kier molecular flexibility index (Phi) is 13.6. The van der Waals surface area contributed by atoms with Gasteiger partial charge in [-0.05, 0) is 138 Å². The Hall–Kier alpha value is -6.43. The molecule has 375 valence electrons. The molecule has 4 nitrogen and oxygen atoms in total. The van der Waals surface area contributed by atoms with Crippen molar-refractivity contribution < 1.29 is 24.5 Å². The molecule has 0 fully saturated rings. The molecule has 8 aromatic carbocycles. The summed E-state index contributed by atoms with van der Waals surface area (Å²) in [7, 11) is -1.23. The van der Waals surface area contributed by atoms with Crippen LogP contribution in [0.5, 0.6) is 0 Å². The third kappa shape index (κ3) is 9.29. The monoisotopic (exact) mass is 1160 g/mol. The minimum absolute atomic E-state index is 0. The predicted molar refractivity (Wildman–Crippen MR) is 313 cm³/mol. The molecule has 0 amide bonds. The Labute approximate surface area is 452 Å². The van der Waals surface area contributed by atoms with E-state index in [1.807, 2.05) is 36.5 Å². The van der Waals surface area contributed by atoms with Crippen LogP contribution in [0.4, 0.5) is 0 Å². The SMILES string of the molecule is CC(C)c1cc(-c2ccc3c(c2)C(C)(C)CCCC3(C)C)cc(C(C)C)c1-n1c(-c2[c-]ccc3c2oc2cc4c(ccc5ccccc54)cc23)nc2ccccc21.C[Si](C)(C)c1ccc(-c2[c-]cccc2)nc1.[Ir]. The molecule has 1 radical (unpaired) electrons. The summed E-state index contributed by atoms with van der Waals surface area (Å²) in [5.41, 5.74) is 16.4. The van der Waals surface area contributed by atoms with Gasteiger partial charge in [0.2, 0.25) is 0 Å². The molecule has 0 saturated carbocycles. The van der Waals surface area contributed by atoms with E-state index in [4.69, 9.17) is 9.40 Å². The predicted octanol–water partition coefficient (Wildman–Crippen LogP) is 18.4. The number of imidazole rings is 1. The van der Waals surface area contributed by atoms with Crippen LogP contribution in [0.3, 0.4) is 0 Å². The van der Waals surface area contributed by atoms with Crippen molar-refractivity contribution in [3.8, 4) is 39.5 Å². The van der Waals surface area contributed by atoms with Gasteiger partial charge in [-0.25, -0.2) is 0 Å². The first-order valence-corrected chi connectivity index (χ1v) is 29.9. The number of hydrogen-bond donors (Lipinski definition) is 0. The fraction of sp³-hybridized carbons (Fsp3) is 0.265. The zero-order valence-electron chi connectivity index (χ0n) is 44.9. The van der Waals surface area contributed by atoms with E-state index < -0.39 is 8.07 Å². The summed E-state index contributed by atoms with van der Waals surface area (Å²) in [6.07, 6.45) is 5.70. The van der Waals surface area contributed by atoms with E-state index in [0.29, 0.717) is 0 Å². The number of benzene rings is 8. The number of aromatic nitrogens is 3. The first-order chi connectivity index (χ1) is 35.0. The molecule has 0 spiro atoms. The molecule has 0 saturated heterocycles. The van der Waals surface area contributed by atoms with Crippen molar-refractivity contribution in [3.63, 3.8) is 0 Å². The van der Waals surface area contributed by atoms with Crippen LogP contribution in [-0.4, -0.2) is 22.6 Å². The minimum Gasteiger partial charge on any atom is -0.501 e. The van der Waals surface area contributed by atoms with Crippen LogP contribution in [0.1, 0.15) is 109 Å². The molecular weight excluding hydrogens is 1100 g/mol. The topological polar surface area (TPSA) is 43.9 Å². The molecule has 6 heteroatoms. The minimum atomic E-state index is -1.23. The molecule has 0 unspecified atom stereocenters. The van der Waals surface area contributed by atoms with Crippen molar-refractivity contribution in [3.05, 3.63) is 192 Å². The first-order valence-electron chi connectivity index (χ1n) is 26.4. The zero-order chi connectivity index (χ0) is 51.0. The summed E-state index contributed by atoms with van der Waals surface area (Å²) in [5, 5.41) is 8.43. The second-order valence-electron chi connectivity index (χ2n) is 23.5. The van der Waals surface area contributed by atoms with E-state index in [0.717, 1.165) is 55.6 Å². The maximum absolute atomic E-state index is 6.92. The van der Waals surface area contributed by atoms with Crippen LogP contribution in [0.25, 0.3) is 94.0 Å². The summed E-state index contributed by atoms with van der Waals surface area (Å²) in [4.78, 5) is 9.93. The molecule has 11 aromatic rings. The number of hydrogen-bond acceptors (Lipinski definition) is 3. The van der Waals surface area contributed by atoms with Gasteiger partial charge < -0.3 is 14.0 Å². The van der Waals surface area contributed by atoms with Crippen LogP contribution >= 0.6 is 0 Å². The van der Waals surface area contributed by atoms with Gasteiger partial charge >= 0.3 is 0 Å². The summed E-state index contributed by atoms with van der Waals surface area (Å²) >= 11 is 0. The van der Waals surface area contributed by atoms with E-state index in [-0.39, 0.29) is 42.8 Å². The van der Waals surface area contributed by atoms with Gasteiger partial charge in [-0.1, -0.05) is 171 Å². The van der Waals surface area contributed by atoms with Gasteiger partial charge in [-0.2, -0.15) is 0 Å². The van der Waals surface area contributed by atoms with Crippen LogP contribution in [-0.2, 0) is 30.9 Å². The molecule has 0 atom stereocenters. The van der Waals surface area contributed by atoms with Crippen molar-refractivity contribution in [1.82, 2.24) is 14.5 Å². The van der Waals surface area contributed by atoms with Gasteiger partial charge in [-0.15, -0.1) is 54.1 Å². The number of nitrogens with zero attached hydrogens (tertiary/aromatic N) is 3. The van der Waals surface area contributed by atoms with Crippen LogP contribution in [0, 0.1) is 12.1 Å². The molecule has 3 heterocycles. The van der Waals surface area contributed by atoms with Gasteiger partial charge in [0.25, 0.3) is 0 Å². The normalized spacial score (nSPS) is 14.3. The molecular formula is C68H67IrN3OSi-2. The number of furan rings is 1. The molecule has 3 aromatic heterocycles. The van der Waals surface area contributed by atoms with E-state index in [1.165, 1.54) is 85.1 Å². The van der Waals surface area contributed by atoms with E-state index in [9.17, 15) is 0 Å². The van der Waals surface area contributed by atoms with Crippen LogP contribution < -0.4 is 5.19 Å². The second kappa shape index (κ2) is 19.7. The van der Waals surface area contributed by atoms with Crippen molar-refractivity contribution in [1.29, 1.82) is 0 Å². The fourth-order valence-corrected chi connectivity index (χ4v) is 12.5. The van der Waals surface area contributed by atoms with Gasteiger partial charge in [-0.3, -0.25) is 4.98 Å². The van der Waals surface area contributed by atoms with Gasteiger partial charge in [0.1, 0.15) is 5.58 Å². The van der Waals surface area contributed by atoms with E-state index in [1.54, 1.807) is 0 Å². The first kappa shape index (κ1) is 51.1. The Bertz CT molecular complexity index is 3840. The molecule has 0 N–H and O–H groups in total. The number of fused-ring (bicyclic) bond motifs is 8. The number of pyridine rings is 1. The van der Waals surface area contributed by atoms with Gasteiger partial charge in [0.05, 0.1) is 30.5 Å². The maximum atomic E-state index is 6.92. The largest absolute Gasteiger partial charge is 0.501 e. The summed E-state index contributed by atoms with van der Waals surface area (Å²) in [6.45, 7) is 26.0. The van der Waals surface area contributed by atoms with Crippen molar-refractivity contribution >= 4 is 67.8 Å². The van der Waals surface area contributed by atoms with Crippen LogP contribution in [0.15, 0.2) is 162 Å². The third-order valence-electron chi connectivity index (χ3n) is 15.7. The fourth-order valence-electron chi connectivity index (χ4n) is 11.5. The van der Waals surface area contributed by atoms with Gasteiger partial charge in [0, 0.05) is 37.4 Å². The zero-order valence-corrected chi connectivity index (χ0v) is 48.3. The van der Waals surface area contributed by atoms with E-state index in [2.05, 4.69) is 218 Å². The molecule has 1 aliphatic rings. The average molecular weight is 1160 g/mol.